The predicted molar refractivity (Wildman–Crippen MR) is 129 cm³/mol. The number of hydrogen-bond donors (Lipinski definition) is 3. The van der Waals surface area contributed by atoms with Crippen molar-refractivity contribution in [1.82, 2.24) is 25.5 Å². The van der Waals surface area contributed by atoms with Crippen molar-refractivity contribution in [3.05, 3.63) is 51.4 Å². The van der Waals surface area contributed by atoms with E-state index in [0.29, 0.717) is 21.6 Å². The summed E-state index contributed by atoms with van der Waals surface area (Å²) in [6.45, 7) is 1.78. The molecule has 1 saturated carbocycles. The topological polar surface area (TPSA) is 90.1 Å². The molecule has 0 radical (unpaired) electrons. The number of halogens is 2. The molecule has 5 rings (SSSR count). The number of fused-ring (bicyclic) bond motifs is 2. The zero-order valence-electron chi connectivity index (χ0n) is 18.3. The lowest BCUT2D eigenvalue weighted by atomic mass is 9.90. The van der Waals surface area contributed by atoms with E-state index < -0.39 is 0 Å². The number of carbonyl (C=O) groups is 2. The van der Waals surface area contributed by atoms with Crippen molar-refractivity contribution in [3.8, 4) is 0 Å². The van der Waals surface area contributed by atoms with Crippen LogP contribution in [0.5, 0.6) is 0 Å². The minimum atomic E-state index is -0.339. The third-order valence-corrected chi connectivity index (χ3v) is 7.42. The number of aromatic nitrogens is 2. The van der Waals surface area contributed by atoms with Gasteiger partial charge in [0.2, 0.25) is 0 Å². The Morgan fingerprint density at radius 1 is 1.15 bits per heavy atom. The van der Waals surface area contributed by atoms with Gasteiger partial charge in [0.25, 0.3) is 11.8 Å². The fourth-order valence-corrected chi connectivity index (χ4v) is 5.69. The summed E-state index contributed by atoms with van der Waals surface area (Å²) < 4.78 is 13.5. The van der Waals surface area contributed by atoms with Gasteiger partial charge in [0.05, 0.1) is 5.69 Å². The van der Waals surface area contributed by atoms with Crippen LogP contribution >= 0.6 is 23.7 Å². The number of rotatable bonds is 4. The quantitative estimate of drug-likeness (QED) is 0.519. The smallest absolute Gasteiger partial charge is 0.280 e. The lowest BCUT2D eigenvalue weighted by Gasteiger charge is -2.32. The Kier molecular flexibility index (Phi) is 7.02. The van der Waals surface area contributed by atoms with Gasteiger partial charge in [0, 0.05) is 47.4 Å². The number of carbonyl (C=O) groups excluding carboxylic acids is 2. The van der Waals surface area contributed by atoms with Crippen LogP contribution < -0.4 is 10.6 Å². The molecular formula is C23H27ClFN5O2S. The van der Waals surface area contributed by atoms with E-state index in [2.05, 4.69) is 32.5 Å². The summed E-state index contributed by atoms with van der Waals surface area (Å²) >= 11 is 1.46. The maximum Gasteiger partial charge on any atom is 0.280 e. The summed E-state index contributed by atoms with van der Waals surface area (Å²) in [5, 5.41) is 7.34. The van der Waals surface area contributed by atoms with Gasteiger partial charge < -0.3 is 20.5 Å². The number of benzene rings is 1. The first kappa shape index (κ1) is 23.7. The number of thiazole rings is 1. The van der Waals surface area contributed by atoms with E-state index in [-0.39, 0.29) is 42.1 Å². The number of likely N-dealkylation sites (N-methyl/N-ethyl adjacent to an activating group) is 1. The molecule has 0 spiro atoms. The van der Waals surface area contributed by atoms with Crippen molar-refractivity contribution in [2.75, 3.05) is 13.6 Å². The van der Waals surface area contributed by atoms with E-state index >= 15 is 0 Å². The molecular weight excluding hydrogens is 465 g/mol. The largest absolute Gasteiger partial charge is 0.351 e. The standard InChI is InChI=1S/C23H26FN5O2S.ClH/c1-29-9-8-18-20(12-29)32-23(28-18)22(31)27-17-5-3-2-4-16(17)26-21(30)19-11-13-10-14(24)6-7-15(13)25-19;/h6-7,10-11,16-17,25H,2-5,8-9,12H2,1H3,(H,26,30)(H,27,31);1H/t16-,17-;/m1./s1. The van der Waals surface area contributed by atoms with Crippen LogP contribution in [-0.4, -0.2) is 52.4 Å². The van der Waals surface area contributed by atoms with Crippen molar-refractivity contribution in [3.63, 3.8) is 0 Å². The van der Waals surface area contributed by atoms with Crippen LogP contribution in [-0.2, 0) is 13.0 Å². The van der Waals surface area contributed by atoms with E-state index in [1.807, 2.05) is 0 Å². The number of aromatic amines is 1. The highest BCUT2D eigenvalue weighted by Crippen LogP contribution is 2.26. The molecule has 2 amide bonds. The van der Waals surface area contributed by atoms with Gasteiger partial charge in [0.15, 0.2) is 5.01 Å². The van der Waals surface area contributed by atoms with Crippen LogP contribution in [0.2, 0.25) is 0 Å². The summed E-state index contributed by atoms with van der Waals surface area (Å²) in [4.78, 5) is 36.8. The minimum absolute atomic E-state index is 0. The predicted octanol–water partition coefficient (Wildman–Crippen LogP) is 3.64. The van der Waals surface area contributed by atoms with Crippen LogP contribution in [0.25, 0.3) is 10.9 Å². The molecule has 176 valence electrons. The van der Waals surface area contributed by atoms with Crippen LogP contribution in [0.1, 0.15) is 56.5 Å². The maximum atomic E-state index is 13.5. The van der Waals surface area contributed by atoms with Crippen molar-refractivity contribution < 1.29 is 14.0 Å². The van der Waals surface area contributed by atoms with E-state index in [0.717, 1.165) is 55.8 Å². The first-order chi connectivity index (χ1) is 15.5. The molecule has 1 aliphatic carbocycles. The van der Waals surface area contributed by atoms with Crippen LogP contribution in [0.4, 0.5) is 4.39 Å². The molecule has 2 atom stereocenters. The average Bonchev–Trinajstić information content (AvgIpc) is 3.38. The SMILES string of the molecule is CN1CCc2nc(C(=O)N[C@@H]3CCCC[C@H]3NC(=O)c3cc4cc(F)ccc4[nH]3)sc2C1.Cl. The molecule has 0 bridgehead atoms. The molecule has 3 aromatic rings. The molecule has 2 aromatic heterocycles. The fourth-order valence-electron chi connectivity index (χ4n) is 4.60. The highest BCUT2D eigenvalue weighted by Gasteiger charge is 2.30. The molecule has 1 fully saturated rings. The van der Waals surface area contributed by atoms with E-state index in [1.165, 1.54) is 23.5 Å². The summed E-state index contributed by atoms with van der Waals surface area (Å²) in [5.41, 5.74) is 2.13. The van der Waals surface area contributed by atoms with Gasteiger partial charge in [-0.1, -0.05) is 12.8 Å². The van der Waals surface area contributed by atoms with Crippen molar-refractivity contribution in [1.29, 1.82) is 0 Å². The van der Waals surface area contributed by atoms with Crippen LogP contribution in [0.15, 0.2) is 24.3 Å². The molecule has 7 nitrogen and oxygen atoms in total. The van der Waals surface area contributed by atoms with Crippen molar-refractivity contribution in [2.45, 2.75) is 50.7 Å². The summed E-state index contributed by atoms with van der Waals surface area (Å²) in [6.07, 6.45) is 4.47. The zero-order valence-corrected chi connectivity index (χ0v) is 20.0. The zero-order chi connectivity index (χ0) is 22.2. The molecule has 1 aromatic carbocycles. The molecule has 2 aliphatic rings. The summed E-state index contributed by atoms with van der Waals surface area (Å²) in [6, 6.07) is 5.73. The van der Waals surface area contributed by atoms with Gasteiger partial charge >= 0.3 is 0 Å². The van der Waals surface area contributed by atoms with Crippen molar-refractivity contribution in [2.24, 2.45) is 0 Å². The number of amides is 2. The molecule has 33 heavy (non-hydrogen) atoms. The normalized spacial score (nSPS) is 20.7. The van der Waals surface area contributed by atoms with Gasteiger partial charge in [-0.15, -0.1) is 23.7 Å². The fraction of sp³-hybridized carbons (Fsp3) is 0.435. The number of nitrogens with zero attached hydrogens (tertiary/aromatic N) is 2. The first-order valence-electron chi connectivity index (χ1n) is 11.0. The second kappa shape index (κ2) is 9.79. The molecule has 10 heteroatoms. The van der Waals surface area contributed by atoms with Gasteiger partial charge in [-0.2, -0.15) is 0 Å². The Balaban J connectivity index is 0.00000259. The van der Waals surface area contributed by atoms with E-state index in [9.17, 15) is 14.0 Å². The monoisotopic (exact) mass is 491 g/mol. The third kappa shape index (κ3) is 5.05. The number of H-pyrrole nitrogens is 1. The Morgan fingerprint density at radius 2 is 1.88 bits per heavy atom. The molecule has 0 unspecified atom stereocenters. The lowest BCUT2D eigenvalue weighted by molar-refractivity contribution is 0.0860. The summed E-state index contributed by atoms with van der Waals surface area (Å²) in [5.74, 6) is -0.756. The molecule has 3 N–H and O–H groups in total. The number of nitrogens with one attached hydrogen (secondary N) is 3. The molecule has 0 saturated heterocycles. The Hall–Kier alpha value is -2.49. The second-order valence-corrected chi connectivity index (χ2v) is 9.82. The van der Waals surface area contributed by atoms with Gasteiger partial charge in [-0.05, 0) is 44.2 Å². The van der Waals surface area contributed by atoms with E-state index in [4.69, 9.17) is 0 Å². The van der Waals surface area contributed by atoms with Gasteiger partial charge in [-0.25, -0.2) is 9.37 Å². The number of hydrogen-bond acceptors (Lipinski definition) is 5. The lowest BCUT2D eigenvalue weighted by Crippen LogP contribution is -2.53. The van der Waals surface area contributed by atoms with Crippen molar-refractivity contribution >= 4 is 46.5 Å². The summed E-state index contributed by atoms with van der Waals surface area (Å²) in [7, 11) is 2.07. The Morgan fingerprint density at radius 3 is 2.64 bits per heavy atom. The van der Waals surface area contributed by atoms with E-state index in [1.54, 1.807) is 12.1 Å². The Labute approximate surface area is 201 Å². The highest BCUT2D eigenvalue weighted by atomic mass is 35.5. The van der Waals surface area contributed by atoms with Crippen LogP contribution in [0, 0.1) is 5.82 Å². The van der Waals surface area contributed by atoms with Gasteiger partial charge in [0.1, 0.15) is 11.5 Å². The van der Waals surface area contributed by atoms with Gasteiger partial charge in [-0.3, -0.25) is 9.59 Å². The first-order valence-corrected chi connectivity index (χ1v) is 11.8. The highest BCUT2D eigenvalue weighted by molar-refractivity contribution is 7.13. The maximum absolute atomic E-state index is 13.5. The average molecular weight is 492 g/mol. The Bertz CT molecular complexity index is 1180. The molecule has 1 aliphatic heterocycles. The van der Waals surface area contributed by atoms with Crippen LogP contribution in [0.3, 0.4) is 0 Å². The molecule has 3 heterocycles. The minimum Gasteiger partial charge on any atom is -0.351 e. The second-order valence-electron chi connectivity index (χ2n) is 8.74. The third-order valence-electron chi connectivity index (χ3n) is 6.34.